The average molecular weight is 555 g/mol. The Hall–Kier alpha value is -3.56. The van der Waals surface area contributed by atoms with Crippen molar-refractivity contribution in [2.45, 2.75) is 65.3 Å². The molecule has 4 rings (SSSR count). The maximum absolute atomic E-state index is 13.5. The molecular weight excluding hydrogens is 520 g/mol. The fraction of sp³-hybridized carbons (Fsp3) is 0.414. The van der Waals surface area contributed by atoms with Gasteiger partial charge in [0, 0.05) is 46.8 Å². The highest BCUT2D eigenvalue weighted by Crippen LogP contribution is 2.26. The normalized spacial score (nSPS) is 14.5. The van der Waals surface area contributed by atoms with E-state index in [1.165, 1.54) is 0 Å². The van der Waals surface area contributed by atoms with E-state index >= 15 is 0 Å². The molecule has 2 heterocycles. The van der Waals surface area contributed by atoms with E-state index in [2.05, 4.69) is 29.4 Å². The maximum Gasteiger partial charge on any atom is 0.514 e. The Morgan fingerprint density at radius 3 is 2.33 bits per heavy atom. The molecule has 1 saturated heterocycles. The van der Waals surface area contributed by atoms with Crippen LogP contribution in [0.15, 0.2) is 48.5 Å². The number of nitrogens with zero attached hydrogens (tertiary/aromatic N) is 2. The summed E-state index contributed by atoms with van der Waals surface area (Å²) in [4.78, 5) is 40.9. The Morgan fingerprint density at radius 1 is 1.00 bits per heavy atom. The van der Waals surface area contributed by atoms with Crippen molar-refractivity contribution in [1.29, 1.82) is 0 Å². The standard InChI is InChI=1S/C29H35ClN4O5/c1-18(2)33-13-11-23(12-14-33)32-28(36)26-16-20-15-24(39-29(37)38-19(3)4)9-10-25(20)34(26)17-27(35)31-22-7-5-21(30)6-8-22/h5-10,15-16,18-19,23H,11-14,17H2,1-4H3,(H,31,35)(H,32,36). The van der Waals surface area contributed by atoms with E-state index in [0.717, 1.165) is 25.9 Å². The first kappa shape index (κ1) is 28.4. The molecule has 2 amide bonds. The van der Waals surface area contributed by atoms with Crippen molar-refractivity contribution < 1.29 is 23.9 Å². The lowest BCUT2D eigenvalue weighted by Gasteiger charge is -2.34. The van der Waals surface area contributed by atoms with Crippen molar-refractivity contribution >= 4 is 46.2 Å². The Labute approximate surface area is 233 Å². The summed E-state index contributed by atoms with van der Waals surface area (Å²) >= 11 is 5.95. The molecule has 1 aromatic heterocycles. The van der Waals surface area contributed by atoms with Gasteiger partial charge in [0.2, 0.25) is 5.91 Å². The lowest BCUT2D eigenvalue weighted by atomic mass is 10.0. The number of carbonyl (C=O) groups is 3. The van der Waals surface area contributed by atoms with Gasteiger partial charge in [-0.25, -0.2) is 4.79 Å². The second kappa shape index (κ2) is 12.5. The molecule has 208 valence electrons. The van der Waals surface area contributed by atoms with Crippen LogP contribution in [-0.4, -0.2) is 58.7 Å². The molecule has 0 saturated carbocycles. The van der Waals surface area contributed by atoms with Gasteiger partial charge in [0.25, 0.3) is 5.91 Å². The number of aromatic nitrogens is 1. The summed E-state index contributed by atoms with van der Waals surface area (Å²) < 4.78 is 12.0. The van der Waals surface area contributed by atoms with E-state index < -0.39 is 6.16 Å². The first-order valence-corrected chi connectivity index (χ1v) is 13.6. The monoisotopic (exact) mass is 554 g/mol. The minimum atomic E-state index is -0.808. The Bertz CT molecular complexity index is 1330. The predicted molar refractivity (Wildman–Crippen MR) is 151 cm³/mol. The molecule has 0 spiro atoms. The molecule has 1 aliphatic rings. The zero-order valence-electron chi connectivity index (χ0n) is 22.7. The molecule has 1 fully saturated rings. The van der Waals surface area contributed by atoms with E-state index in [4.69, 9.17) is 21.1 Å². The highest BCUT2D eigenvalue weighted by atomic mass is 35.5. The Morgan fingerprint density at radius 2 is 1.69 bits per heavy atom. The number of nitrogens with one attached hydrogen (secondary N) is 2. The van der Waals surface area contributed by atoms with Gasteiger partial charge in [-0.2, -0.15) is 0 Å². The van der Waals surface area contributed by atoms with Crippen LogP contribution in [0.1, 0.15) is 51.0 Å². The number of hydrogen-bond acceptors (Lipinski definition) is 6. The summed E-state index contributed by atoms with van der Waals surface area (Å²) in [6, 6.07) is 14.0. The summed E-state index contributed by atoms with van der Waals surface area (Å²) in [5, 5.41) is 7.23. The fourth-order valence-corrected chi connectivity index (χ4v) is 4.81. The zero-order chi connectivity index (χ0) is 28.1. The van der Waals surface area contributed by atoms with Crippen LogP contribution in [0, 0.1) is 0 Å². The molecule has 0 aliphatic carbocycles. The first-order chi connectivity index (χ1) is 18.6. The van der Waals surface area contributed by atoms with Crippen LogP contribution in [0.2, 0.25) is 5.02 Å². The molecule has 0 atom stereocenters. The molecule has 2 N–H and O–H groups in total. The van der Waals surface area contributed by atoms with E-state index in [-0.39, 0.29) is 36.3 Å². The van der Waals surface area contributed by atoms with Crippen LogP contribution in [-0.2, 0) is 16.1 Å². The van der Waals surface area contributed by atoms with Gasteiger partial charge >= 0.3 is 6.16 Å². The van der Waals surface area contributed by atoms with Gasteiger partial charge in [-0.15, -0.1) is 0 Å². The molecule has 3 aromatic rings. The summed E-state index contributed by atoms with van der Waals surface area (Å²) in [7, 11) is 0. The summed E-state index contributed by atoms with van der Waals surface area (Å²) in [6.45, 7) is 9.56. The lowest BCUT2D eigenvalue weighted by Crippen LogP contribution is -2.47. The molecule has 1 aliphatic heterocycles. The van der Waals surface area contributed by atoms with Crippen LogP contribution in [0.4, 0.5) is 10.5 Å². The average Bonchev–Trinajstić information content (AvgIpc) is 3.22. The van der Waals surface area contributed by atoms with Gasteiger partial charge < -0.3 is 29.6 Å². The molecule has 0 unspecified atom stereocenters. The van der Waals surface area contributed by atoms with Crippen molar-refractivity contribution in [1.82, 2.24) is 14.8 Å². The third-order valence-electron chi connectivity index (χ3n) is 6.66. The number of amides is 2. The summed E-state index contributed by atoms with van der Waals surface area (Å²) in [5.41, 5.74) is 1.61. The number of fused-ring (bicyclic) bond motifs is 1. The van der Waals surface area contributed by atoms with Gasteiger partial charge in [-0.1, -0.05) is 11.6 Å². The van der Waals surface area contributed by atoms with Crippen molar-refractivity contribution in [3.05, 3.63) is 59.2 Å². The third kappa shape index (κ3) is 7.52. The van der Waals surface area contributed by atoms with Gasteiger partial charge in [0.1, 0.15) is 18.0 Å². The largest absolute Gasteiger partial charge is 0.514 e. The molecule has 10 heteroatoms. The molecular formula is C29H35ClN4O5. The number of halogens is 1. The van der Waals surface area contributed by atoms with Gasteiger partial charge in [-0.05, 0) is 89.1 Å². The van der Waals surface area contributed by atoms with Crippen LogP contribution < -0.4 is 15.4 Å². The molecule has 9 nitrogen and oxygen atoms in total. The summed E-state index contributed by atoms with van der Waals surface area (Å²) in [6.07, 6.45) is 0.592. The lowest BCUT2D eigenvalue weighted by molar-refractivity contribution is -0.116. The van der Waals surface area contributed by atoms with Crippen LogP contribution in [0.5, 0.6) is 5.75 Å². The van der Waals surface area contributed by atoms with Gasteiger partial charge in [0.05, 0.1) is 6.10 Å². The quantitative estimate of drug-likeness (QED) is 0.283. The maximum atomic E-state index is 13.5. The topological polar surface area (TPSA) is 102 Å². The number of piperidine rings is 1. The highest BCUT2D eigenvalue weighted by molar-refractivity contribution is 6.30. The predicted octanol–water partition coefficient (Wildman–Crippen LogP) is 5.46. The van der Waals surface area contributed by atoms with Crippen LogP contribution >= 0.6 is 11.6 Å². The van der Waals surface area contributed by atoms with Crippen molar-refractivity contribution in [3.8, 4) is 5.75 Å². The number of rotatable bonds is 8. The van der Waals surface area contributed by atoms with Crippen molar-refractivity contribution in [3.63, 3.8) is 0 Å². The van der Waals surface area contributed by atoms with Crippen molar-refractivity contribution in [2.75, 3.05) is 18.4 Å². The SMILES string of the molecule is CC(C)OC(=O)Oc1ccc2c(c1)cc(C(=O)NC1CCN(C(C)C)CC1)n2CC(=O)Nc1ccc(Cl)cc1. The van der Waals surface area contributed by atoms with Gasteiger partial charge in [-0.3, -0.25) is 9.59 Å². The van der Waals surface area contributed by atoms with Crippen LogP contribution in [0.25, 0.3) is 10.9 Å². The number of likely N-dealkylation sites (tertiary alicyclic amines) is 1. The molecule has 0 radical (unpaired) electrons. The minimum Gasteiger partial charge on any atom is -0.431 e. The van der Waals surface area contributed by atoms with E-state index in [1.807, 2.05) is 0 Å². The highest BCUT2D eigenvalue weighted by Gasteiger charge is 2.25. The number of ether oxygens (including phenoxy) is 2. The van der Waals surface area contributed by atoms with E-state index in [0.29, 0.717) is 33.3 Å². The number of carbonyl (C=O) groups excluding carboxylic acids is 3. The first-order valence-electron chi connectivity index (χ1n) is 13.2. The Balaban J connectivity index is 1.57. The Kier molecular flexibility index (Phi) is 9.14. The molecule has 39 heavy (non-hydrogen) atoms. The smallest absolute Gasteiger partial charge is 0.431 e. The second-order valence-electron chi connectivity index (χ2n) is 10.3. The van der Waals surface area contributed by atoms with Gasteiger partial charge in [0.15, 0.2) is 0 Å². The molecule has 2 aromatic carbocycles. The van der Waals surface area contributed by atoms with E-state index in [1.54, 1.807) is 66.9 Å². The fourth-order valence-electron chi connectivity index (χ4n) is 4.68. The minimum absolute atomic E-state index is 0.0477. The second-order valence-corrected chi connectivity index (χ2v) is 10.7. The van der Waals surface area contributed by atoms with Crippen LogP contribution in [0.3, 0.4) is 0 Å². The summed E-state index contributed by atoms with van der Waals surface area (Å²) in [5.74, 6) is -0.269. The number of hydrogen-bond donors (Lipinski definition) is 2. The molecule has 0 bridgehead atoms. The number of anilines is 1. The number of benzene rings is 2. The van der Waals surface area contributed by atoms with Crippen molar-refractivity contribution in [2.24, 2.45) is 0 Å². The third-order valence-corrected chi connectivity index (χ3v) is 6.92. The van der Waals surface area contributed by atoms with E-state index in [9.17, 15) is 14.4 Å². The zero-order valence-corrected chi connectivity index (χ0v) is 23.5.